The minimum Gasteiger partial charge on any atom is -0.327 e. The summed E-state index contributed by atoms with van der Waals surface area (Å²) in [6.45, 7) is 2.33. The summed E-state index contributed by atoms with van der Waals surface area (Å²) >= 11 is 0. The lowest BCUT2D eigenvalue weighted by atomic mass is 9.67. The highest BCUT2D eigenvalue weighted by Crippen LogP contribution is 2.42. The summed E-state index contributed by atoms with van der Waals surface area (Å²) in [5.41, 5.74) is 9.61. The number of rotatable bonds is 3. The minimum atomic E-state index is 0.401. The van der Waals surface area contributed by atoms with Crippen molar-refractivity contribution in [2.75, 3.05) is 0 Å². The Balaban J connectivity index is 1.62. The molecule has 0 aliphatic heterocycles. The highest BCUT2D eigenvalue weighted by Gasteiger charge is 2.36. The quantitative estimate of drug-likeness (QED) is 0.857. The summed E-state index contributed by atoms with van der Waals surface area (Å²) < 4.78 is 0. The van der Waals surface area contributed by atoms with Crippen LogP contribution < -0.4 is 5.73 Å². The smallest absolute Gasteiger partial charge is 0.0140 e. The molecule has 2 aliphatic rings. The van der Waals surface area contributed by atoms with E-state index < -0.39 is 0 Å². The van der Waals surface area contributed by atoms with E-state index in [9.17, 15) is 0 Å². The third-order valence-corrected chi connectivity index (χ3v) is 5.37. The second-order valence-electron chi connectivity index (χ2n) is 6.28. The molecule has 0 spiro atoms. The van der Waals surface area contributed by atoms with Gasteiger partial charge in [0.2, 0.25) is 0 Å². The summed E-state index contributed by atoms with van der Waals surface area (Å²) in [5, 5.41) is 0. The maximum absolute atomic E-state index is 6.56. The topological polar surface area (TPSA) is 26.0 Å². The van der Waals surface area contributed by atoms with Crippen LogP contribution in [-0.2, 0) is 6.42 Å². The Kier molecular flexibility index (Phi) is 3.43. The van der Waals surface area contributed by atoms with Crippen LogP contribution in [0, 0.1) is 11.8 Å². The van der Waals surface area contributed by atoms with Crippen molar-refractivity contribution in [2.24, 2.45) is 17.6 Å². The first kappa shape index (κ1) is 12.2. The SMILES string of the molecule is CCC1CCC(C(N)C2Cc3ccccc32)CC1. The predicted molar refractivity (Wildman–Crippen MR) is 76.6 cm³/mol. The van der Waals surface area contributed by atoms with Crippen molar-refractivity contribution in [3.63, 3.8) is 0 Å². The molecule has 2 N–H and O–H groups in total. The molecule has 98 valence electrons. The fourth-order valence-electron chi connectivity index (χ4n) is 3.95. The molecule has 0 radical (unpaired) electrons. The van der Waals surface area contributed by atoms with Gasteiger partial charge in [0.25, 0.3) is 0 Å². The monoisotopic (exact) mass is 243 g/mol. The lowest BCUT2D eigenvalue weighted by molar-refractivity contribution is 0.216. The second-order valence-corrected chi connectivity index (χ2v) is 6.28. The lowest BCUT2D eigenvalue weighted by Gasteiger charge is -2.41. The van der Waals surface area contributed by atoms with Crippen molar-refractivity contribution >= 4 is 0 Å². The van der Waals surface area contributed by atoms with Gasteiger partial charge in [0.1, 0.15) is 0 Å². The first-order chi connectivity index (χ1) is 8.79. The highest BCUT2D eigenvalue weighted by atomic mass is 14.7. The fraction of sp³-hybridized carbons (Fsp3) is 0.647. The van der Waals surface area contributed by atoms with Crippen LogP contribution in [-0.4, -0.2) is 6.04 Å². The molecule has 0 aromatic heterocycles. The zero-order valence-corrected chi connectivity index (χ0v) is 11.4. The molecular formula is C17H25N. The summed E-state index contributed by atoms with van der Waals surface area (Å²) in [4.78, 5) is 0. The predicted octanol–water partition coefficient (Wildman–Crippen LogP) is 3.87. The molecule has 1 saturated carbocycles. The molecule has 3 rings (SSSR count). The Morgan fingerprint density at radius 2 is 1.89 bits per heavy atom. The molecule has 1 nitrogen and oxygen atoms in total. The minimum absolute atomic E-state index is 0.401. The van der Waals surface area contributed by atoms with Gasteiger partial charge in [-0.25, -0.2) is 0 Å². The molecule has 2 unspecified atom stereocenters. The van der Waals surface area contributed by atoms with Crippen molar-refractivity contribution in [2.45, 2.75) is 57.4 Å². The first-order valence-electron chi connectivity index (χ1n) is 7.63. The number of benzene rings is 1. The Bertz CT molecular complexity index is 404. The van der Waals surface area contributed by atoms with Gasteiger partial charge in [-0.3, -0.25) is 0 Å². The fourth-order valence-corrected chi connectivity index (χ4v) is 3.95. The molecule has 0 saturated heterocycles. The van der Waals surface area contributed by atoms with E-state index in [1.807, 2.05) is 0 Å². The molecule has 1 aromatic carbocycles. The van der Waals surface area contributed by atoms with E-state index in [1.165, 1.54) is 49.7 Å². The number of fused-ring (bicyclic) bond motifs is 1. The molecular weight excluding hydrogens is 218 g/mol. The van der Waals surface area contributed by atoms with Crippen molar-refractivity contribution < 1.29 is 0 Å². The van der Waals surface area contributed by atoms with Crippen molar-refractivity contribution in [3.05, 3.63) is 35.4 Å². The summed E-state index contributed by atoms with van der Waals surface area (Å²) in [5.74, 6) is 2.39. The first-order valence-corrected chi connectivity index (χ1v) is 7.63. The van der Waals surface area contributed by atoms with Gasteiger partial charge in [0.05, 0.1) is 0 Å². The van der Waals surface area contributed by atoms with Gasteiger partial charge in [0.15, 0.2) is 0 Å². The Morgan fingerprint density at radius 3 is 2.56 bits per heavy atom. The Labute approximate surface area is 111 Å². The van der Waals surface area contributed by atoms with Gasteiger partial charge >= 0.3 is 0 Å². The Morgan fingerprint density at radius 1 is 1.17 bits per heavy atom. The largest absolute Gasteiger partial charge is 0.327 e. The Hall–Kier alpha value is -0.820. The van der Waals surface area contributed by atoms with Crippen LogP contribution >= 0.6 is 0 Å². The summed E-state index contributed by atoms with van der Waals surface area (Å²) in [7, 11) is 0. The van der Waals surface area contributed by atoms with E-state index in [-0.39, 0.29) is 0 Å². The summed E-state index contributed by atoms with van der Waals surface area (Å²) in [6, 6.07) is 9.24. The third-order valence-electron chi connectivity index (χ3n) is 5.37. The van der Waals surface area contributed by atoms with Gasteiger partial charge in [-0.1, -0.05) is 50.5 Å². The van der Waals surface area contributed by atoms with Gasteiger partial charge in [-0.2, -0.15) is 0 Å². The van der Waals surface area contributed by atoms with Crippen LogP contribution in [0.15, 0.2) is 24.3 Å². The van der Waals surface area contributed by atoms with Gasteiger partial charge in [-0.15, -0.1) is 0 Å². The van der Waals surface area contributed by atoms with Crippen LogP contribution in [0.4, 0.5) is 0 Å². The van der Waals surface area contributed by atoms with Crippen LogP contribution in [0.25, 0.3) is 0 Å². The van der Waals surface area contributed by atoms with Crippen molar-refractivity contribution in [1.29, 1.82) is 0 Å². The van der Waals surface area contributed by atoms with Gasteiger partial charge in [-0.05, 0) is 42.2 Å². The van der Waals surface area contributed by atoms with Crippen LogP contribution in [0.1, 0.15) is 56.1 Å². The van der Waals surface area contributed by atoms with Crippen LogP contribution in [0.3, 0.4) is 0 Å². The molecule has 1 fully saturated rings. The van der Waals surface area contributed by atoms with E-state index in [1.54, 1.807) is 0 Å². The number of hydrogen-bond acceptors (Lipinski definition) is 1. The molecule has 1 aromatic rings. The molecule has 18 heavy (non-hydrogen) atoms. The normalized spacial score (nSPS) is 32.4. The van der Waals surface area contributed by atoms with E-state index in [0.29, 0.717) is 12.0 Å². The maximum Gasteiger partial charge on any atom is 0.0140 e. The van der Waals surface area contributed by atoms with Gasteiger partial charge in [0, 0.05) is 12.0 Å². The second kappa shape index (κ2) is 5.05. The van der Waals surface area contributed by atoms with Gasteiger partial charge < -0.3 is 5.73 Å². The van der Waals surface area contributed by atoms with Crippen LogP contribution in [0.5, 0.6) is 0 Å². The molecule has 2 atom stereocenters. The standard InChI is InChI=1S/C17H25N/c1-2-12-7-9-13(10-8-12)17(18)16-11-14-5-3-4-6-15(14)16/h3-6,12-13,16-17H,2,7-11,18H2,1H3. The number of nitrogens with two attached hydrogens (primary N) is 1. The van der Waals surface area contributed by atoms with E-state index in [4.69, 9.17) is 5.73 Å². The molecule has 1 heteroatoms. The lowest BCUT2D eigenvalue weighted by Crippen LogP contribution is -2.42. The van der Waals surface area contributed by atoms with E-state index >= 15 is 0 Å². The van der Waals surface area contributed by atoms with E-state index in [2.05, 4.69) is 31.2 Å². The maximum atomic E-state index is 6.56. The molecule has 0 bridgehead atoms. The molecule has 0 heterocycles. The van der Waals surface area contributed by atoms with Crippen molar-refractivity contribution in [1.82, 2.24) is 0 Å². The zero-order chi connectivity index (χ0) is 12.5. The highest BCUT2D eigenvalue weighted by molar-refractivity contribution is 5.41. The average Bonchev–Trinajstić information content (AvgIpc) is 2.40. The number of hydrogen-bond donors (Lipinski definition) is 1. The molecule has 2 aliphatic carbocycles. The summed E-state index contributed by atoms with van der Waals surface area (Å²) in [6.07, 6.45) is 8.10. The average molecular weight is 243 g/mol. The van der Waals surface area contributed by atoms with E-state index in [0.717, 1.165) is 11.8 Å². The zero-order valence-electron chi connectivity index (χ0n) is 11.4. The molecule has 0 amide bonds. The van der Waals surface area contributed by atoms with Crippen molar-refractivity contribution in [3.8, 4) is 0 Å². The van der Waals surface area contributed by atoms with Crippen LogP contribution in [0.2, 0.25) is 0 Å². The third kappa shape index (κ3) is 2.09.